The molecule has 0 saturated carbocycles. The zero-order valence-electron chi connectivity index (χ0n) is 40.0. The summed E-state index contributed by atoms with van der Waals surface area (Å²) >= 11 is 0. The van der Waals surface area contributed by atoms with E-state index in [-0.39, 0.29) is 24.9 Å². The number of aliphatic hydroxyl groups is 2. The molecule has 61 heavy (non-hydrogen) atoms. The molecule has 0 aromatic heterocycles. The van der Waals surface area contributed by atoms with Crippen LogP contribution in [0.1, 0.15) is 239 Å². The summed E-state index contributed by atoms with van der Waals surface area (Å²) in [6, 6.07) is -0.727. The molecule has 0 heterocycles. The van der Waals surface area contributed by atoms with Crippen LogP contribution in [-0.4, -0.2) is 46.9 Å². The summed E-state index contributed by atoms with van der Waals surface area (Å²) in [7, 11) is 0. The third-order valence-corrected chi connectivity index (χ3v) is 11.5. The van der Waals surface area contributed by atoms with Gasteiger partial charge in [0.25, 0.3) is 0 Å². The maximum absolute atomic E-state index is 13.2. The van der Waals surface area contributed by atoms with Gasteiger partial charge in [-0.15, -0.1) is 0 Å². The third-order valence-electron chi connectivity index (χ3n) is 11.5. The predicted molar refractivity (Wildman–Crippen MR) is 264 cm³/mol. The van der Waals surface area contributed by atoms with Crippen LogP contribution < -0.4 is 5.32 Å². The maximum atomic E-state index is 13.2. The molecule has 0 saturated heterocycles. The van der Waals surface area contributed by atoms with Crippen LogP contribution in [0.2, 0.25) is 0 Å². The first kappa shape index (κ1) is 58.3. The molecule has 0 aromatic carbocycles. The average molecular weight is 852 g/mol. The Balaban J connectivity index is 4.71. The van der Waals surface area contributed by atoms with Gasteiger partial charge in [-0.2, -0.15) is 0 Å². The number of carbonyl (C=O) groups is 2. The zero-order chi connectivity index (χ0) is 44.5. The number of amides is 1. The molecule has 0 bridgehead atoms. The number of carbonyl (C=O) groups excluding carboxylic acids is 2. The van der Waals surface area contributed by atoms with E-state index in [2.05, 4.69) is 38.2 Å². The summed E-state index contributed by atoms with van der Waals surface area (Å²) < 4.78 is 5.89. The number of esters is 1. The second-order valence-corrected chi connectivity index (χ2v) is 17.4. The van der Waals surface area contributed by atoms with Crippen molar-refractivity contribution in [1.82, 2.24) is 5.32 Å². The summed E-state index contributed by atoms with van der Waals surface area (Å²) in [6.07, 6.45) is 61.0. The van der Waals surface area contributed by atoms with Crippen molar-refractivity contribution in [2.24, 2.45) is 0 Å². The molecule has 0 aliphatic rings. The molecular weight excluding hydrogens is 755 g/mol. The molecule has 0 rings (SSSR count). The van der Waals surface area contributed by atoms with E-state index in [1.165, 1.54) is 135 Å². The van der Waals surface area contributed by atoms with E-state index in [1.807, 2.05) is 60.8 Å². The first-order valence-corrected chi connectivity index (χ1v) is 25.7. The van der Waals surface area contributed by atoms with E-state index in [0.29, 0.717) is 19.3 Å². The number of nitrogens with one attached hydrogen (secondary N) is 1. The van der Waals surface area contributed by atoms with Crippen molar-refractivity contribution in [3.05, 3.63) is 72.9 Å². The van der Waals surface area contributed by atoms with Crippen LogP contribution in [0.5, 0.6) is 0 Å². The second kappa shape index (κ2) is 48.3. The van der Waals surface area contributed by atoms with E-state index in [9.17, 15) is 19.8 Å². The van der Waals surface area contributed by atoms with Gasteiger partial charge in [-0.05, 0) is 38.5 Å². The number of hydrogen-bond donors (Lipinski definition) is 3. The van der Waals surface area contributed by atoms with Gasteiger partial charge in [0.1, 0.15) is 6.10 Å². The highest BCUT2D eigenvalue weighted by Gasteiger charge is 2.24. The minimum atomic E-state index is -0.809. The van der Waals surface area contributed by atoms with Crippen molar-refractivity contribution in [1.29, 1.82) is 0 Å². The molecule has 352 valence electrons. The molecule has 0 fully saturated rings. The van der Waals surface area contributed by atoms with Crippen molar-refractivity contribution in [2.45, 2.75) is 257 Å². The van der Waals surface area contributed by atoms with E-state index in [1.54, 1.807) is 0 Å². The number of allylic oxidation sites excluding steroid dienone is 12. The van der Waals surface area contributed by atoms with Crippen LogP contribution in [0.25, 0.3) is 0 Å². The van der Waals surface area contributed by atoms with Gasteiger partial charge in [-0.3, -0.25) is 9.59 Å². The number of rotatable bonds is 45. The number of unbranched alkanes of at least 4 members (excludes halogenated alkanes) is 26. The molecule has 1 amide bonds. The lowest BCUT2D eigenvalue weighted by molar-refractivity contribution is -0.151. The van der Waals surface area contributed by atoms with Gasteiger partial charge in [0.2, 0.25) is 5.91 Å². The Labute approximate surface area is 377 Å². The second-order valence-electron chi connectivity index (χ2n) is 17.4. The highest BCUT2D eigenvalue weighted by Crippen LogP contribution is 2.17. The number of hydrogen-bond acceptors (Lipinski definition) is 5. The van der Waals surface area contributed by atoms with Crippen LogP contribution in [-0.2, 0) is 14.3 Å². The molecule has 0 aromatic rings. The molecule has 3 N–H and O–H groups in total. The Kier molecular flexibility index (Phi) is 46.2. The minimum absolute atomic E-state index is 0.0262. The first-order chi connectivity index (χ1) is 30.0. The fourth-order valence-electron chi connectivity index (χ4n) is 7.59. The smallest absolute Gasteiger partial charge is 0.306 e. The molecular formula is C55H97NO5. The normalized spacial score (nSPS) is 13.9. The topological polar surface area (TPSA) is 95.9 Å². The molecule has 0 spiro atoms. The monoisotopic (exact) mass is 852 g/mol. The van der Waals surface area contributed by atoms with Crippen molar-refractivity contribution in [3.63, 3.8) is 0 Å². The molecule has 0 radical (unpaired) electrons. The van der Waals surface area contributed by atoms with E-state index >= 15 is 0 Å². The molecule has 0 aliphatic heterocycles. The summed E-state index contributed by atoms with van der Waals surface area (Å²) in [5.41, 5.74) is 0. The molecule has 6 heteroatoms. The van der Waals surface area contributed by atoms with Gasteiger partial charge < -0.3 is 20.3 Å². The molecule has 3 atom stereocenters. The quantitative estimate of drug-likeness (QED) is 0.0322. The third kappa shape index (κ3) is 43.7. The van der Waals surface area contributed by atoms with Crippen molar-refractivity contribution >= 4 is 11.9 Å². The zero-order valence-corrected chi connectivity index (χ0v) is 40.0. The standard InChI is InChI=1S/C55H97NO5/c1-4-7-10-13-16-19-22-25-27-29-31-34-37-40-43-46-51(61-55(60)48-45-42-39-36-33-28-24-21-18-15-12-9-6-3)49-54(59)56-52(50-57)53(58)47-44-41-38-35-32-30-26-23-20-17-14-11-8-5-2/h7,10,13,16,19,22,25,27,29,31,34,37,51-53,57-58H,4-6,8-9,11-12,14-15,17-18,20-21,23-24,26,28,30,32-33,35-36,38-50H2,1-3H3,(H,56,59)/b10-7-,16-13+,22-19+,27-25-,31-29+,37-34+. The van der Waals surface area contributed by atoms with Gasteiger partial charge in [0, 0.05) is 6.42 Å². The van der Waals surface area contributed by atoms with Crippen LogP contribution >= 0.6 is 0 Å². The number of ether oxygens (including phenoxy) is 1. The largest absolute Gasteiger partial charge is 0.462 e. The van der Waals surface area contributed by atoms with Crippen molar-refractivity contribution in [2.75, 3.05) is 6.61 Å². The Bertz CT molecular complexity index is 1140. The van der Waals surface area contributed by atoms with Crippen molar-refractivity contribution < 1.29 is 24.5 Å². The van der Waals surface area contributed by atoms with Gasteiger partial charge in [-0.1, -0.05) is 261 Å². The Morgan fingerprint density at radius 3 is 1.31 bits per heavy atom. The minimum Gasteiger partial charge on any atom is -0.462 e. The fraction of sp³-hybridized carbons (Fsp3) is 0.745. The van der Waals surface area contributed by atoms with Gasteiger partial charge in [-0.25, -0.2) is 0 Å². The fourth-order valence-corrected chi connectivity index (χ4v) is 7.59. The lowest BCUT2D eigenvalue weighted by atomic mass is 10.0. The SMILES string of the molecule is CC\C=C/C=C/C=C/C=C\C=C\C=C\CCCC(CC(=O)NC(CO)C(O)CCCCCCCCCCCCCCCC)OC(=O)CCCCCCCCCCCCCCC. The first-order valence-electron chi connectivity index (χ1n) is 25.7. The molecule has 3 unspecified atom stereocenters. The van der Waals surface area contributed by atoms with E-state index in [0.717, 1.165) is 57.8 Å². The van der Waals surface area contributed by atoms with Gasteiger partial charge in [0.15, 0.2) is 0 Å². The summed E-state index contributed by atoms with van der Waals surface area (Å²) in [5, 5.41) is 23.7. The van der Waals surface area contributed by atoms with Crippen LogP contribution in [0.15, 0.2) is 72.9 Å². The average Bonchev–Trinajstić information content (AvgIpc) is 3.25. The Morgan fingerprint density at radius 1 is 0.492 bits per heavy atom. The summed E-state index contributed by atoms with van der Waals surface area (Å²) in [5.74, 6) is -0.547. The van der Waals surface area contributed by atoms with Crippen LogP contribution in [0, 0.1) is 0 Å². The number of aliphatic hydroxyl groups excluding tert-OH is 2. The summed E-state index contributed by atoms with van der Waals surface area (Å²) in [6.45, 7) is 6.32. The van der Waals surface area contributed by atoms with Crippen LogP contribution in [0.3, 0.4) is 0 Å². The van der Waals surface area contributed by atoms with E-state index in [4.69, 9.17) is 4.74 Å². The van der Waals surface area contributed by atoms with E-state index < -0.39 is 18.2 Å². The van der Waals surface area contributed by atoms with Crippen molar-refractivity contribution in [3.8, 4) is 0 Å². The lowest BCUT2D eigenvalue weighted by Crippen LogP contribution is -2.46. The highest BCUT2D eigenvalue weighted by atomic mass is 16.5. The lowest BCUT2D eigenvalue weighted by Gasteiger charge is -2.24. The maximum Gasteiger partial charge on any atom is 0.306 e. The highest BCUT2D eigenvalue weighted by molar-refractivity contribution is 5.77. The Hall–Kier alpha value is -2.70. The van der Waals surface area contributed by atoms with Gasteiger partial charge in [0.05, 0.1) is 25.2 Å². The van der Waals surface area contributed by atoms with Crippen LogP contribution in [0.4, 0.5) is 0 Å². The Morgan fingerprint density at radius 2 is 0.885 bits per heavy atom. The predicted octanol–water partition coefficient (Wildman–Crippen LogP) is 15.4. The van der Waals surface area contributed by atoms with Gasteiger partial charge >= 0.3 is 5.97 Å². The molecule has 0 aliphatic carbocycles. The molecule has 6 nitrogen and oxygen atoms in total. The summed E-state index contributed by atoms with van der Waals surface area (Å²) in [4.78, 5) is 26.1.